The van der Waals surface area contributed by atoms with Gasteiger partial charge in [0.15, 0.2) is 0 Å². The predicted molar refractivity (Wildman–Crippen MR) is 41.0 cm³/mol. The Balaban J connectivity index is 2.38. The maximum Gasteiger partial charge on any atom is 0.0470 e. The molecule has 1 heteroatoms. The lowest BCUT2D eigenvalue weighted by Crippen LogP contribution is -2.13. The second kappa shape index (κ2) is 3.00. The van der Waals surface area contributed by atoms with E-state index >= 15 is 0 Å². The van der Waals surface area contributed by atoms with Gasteiger partial charge in [-0.2, -0.15) is 0 Å². The van der Waals surface area contributed by atoms with Crippen molar-refractivity contribution < 1.29 is 0 Å². The van der Waals surface area contributed by atoms with Gasteiger partial charge in [-0.15, -0.1) is 0 Å². The number of aliphatic imine (C=N–C) groups is 1. The van der Waals surface area contributed by atoms with E-state index in [1.165, 1.54) is 19.3 Å². The monoisotopic (exact) mass is 125 g/mol. The molecule has 1 heterocycles. The smallest absolute Gasteiger partial charge is 0.0470 e. The molecule has 1 aliphatic rings. The highest BCUT2D eigenvalue weighted by Gasteiger charge is 2.12. The summed E-state index contributed by atoms with van der Waals surface area (Å²) in [6.07, 6.45) is 5.91. The Bertz CT molecular complexity index is 107. The zero-order valence-electron chi connectivity index (χ0n) is 6.30. The van der Waals surface area contributed by atoms with Crippen molar-refractivity contribution in [3.63, 3.8) is 0 Å². The molecule has 2 unspecified atom stereocenters. The number of hydrogen-bond acceptors (Lipinski definition) is 1. The zero-order chi connectivity index (χ0) is 6.69. The molecular weight excluding hydrogens is 110 g/mol. The first-order valence-corrected chi connectivity index (χ1v) is 3.84. The van der Waals surface area contributed by atoms with Crippen LogP contribution in [-0.2, 0) is 0 Å². The molecule has 0 bridgehead atoms. The molecule has 1 rings (SSSR count). The molecule has 0 amide bonds. The average Bonchev–Trinajstić information content (AvgIpc) is 1.88. The summed E-state index contributed by atoms with van der Waals surface area (Å²) in [4.78, 5) is 4.30. The highest BCUT2D eigenvalue weighted by atomic mass is 14.8. The van der Waals surface area contributed by atoms with Crippen molar-refractivity contribution in [3.8, 4) is 0 Å². The van der Waals surface area contributed by atoms with Crippen LogP contribution in [0.1, 0.15) is 33.1 Å². The van der Waals surface area contributed by atoms with Crippen molar-refractivity contribution in [1.29, 1.82) is 0 Å². The van der Waals surface area contributed by atoms with E-state index in [0.717, 1.165) is 5.92 Å². The SMILES string of the molecule is CCC1CC=NC(C)C1. The van der Waals surface area contributed by atoms with Crippen LogP contribution in [0.4, 0.5) is 0 Å². The molecule has 1 nitrogen and oxygen atoms in total. The Hall–Kier alpha value is -0.330. The Kier molecular flexibility index (Phi) is 2.26. The zero-order valence-corrected chi connectivity index (χ0v) is 6.30. The van der Waals surface area contributed by atoms with Gasteiger partial charge in [0, 0.05) is 6.04 Å². The lowest BCUT2D eigenvalue weighted by molar-refractivity contribution is 0.432. The third-order valence-electron chi connectivity index (χ3n) is 2.05. The van der Waals surface area contributed by atoms with E-state index in [4.69, 9.17) is 0 Å². The first-order valence-electron chi connectivity index (χ1n) is 3.84. The van der Waals surface area contributed by atoms with E-state index in [-0.39, 0.29) is 0 Å². The van der Waals surface area contributed by atoms with Gasteiger partial charge in [0.1, 0.15) is 0 Å². The van der Waals surface area contributed by atoms with Crippen LogP contribution in [-0.4, -0.2) is 12.3 Å². The first-order chi connectivity index (χ1) is 4.33. The fourth-order valence-electron chi connectivity index (χ4n) is 1.36. The summed E-state index contributed by atoms with van der Waals surface area (Å²) in [6, 6.07) is 0.587. The Labute approximate surface area is 57.2 Å². The molecule has 0 fully saturated rings. The standard InChI is InChI=1S/C8H15N/c1-3-8-4-5-9-7(2)6-8/h5,7-8H,3-4,6H2,1-2H3. The molecule has 0 radical (unpaired) electrons. The molecule has 0 aromatic heterocycles. The van der Waals surface area contributed by atoms with Crippen LogP contribution in [0.15, 0.2) is 4.99 Å². The van der Waals surface area contributed by atoms with Gasteiger partial charge in [0.2, 0.25) is 0 Å². The van der Waals surface area contributed by atoms with E-state index in [2.05, 4.69) is 25.1 Å². The van der Waals surface area contributed by atoms with Gasteiger partial charge in [0.05, 0.1) is 0 Å². The van der Waals surface area contributed by atoms with Gasteiger partial charge in [0.25, 0.3) is 0 Å². The molecule has 9 heavy (non-hydrogen) atoms. The fraction of sp³-hybridized carbons (Fsp3) is 0.875. The third-order valence-corrected chi connectivity index (χ3v) is 2.05. The minimum atomic E-state index is 0.587. The topological polar surface area (TPSA) is 12.4 Å². The number of rotatable bonds is 1. The van der Waals surface area contributed by atoms with Gasteiger partial charge < -0.3 is 0 Å². The van der Waals surface area contributed by atoms with Crippen LogP contribution in [0, 0.1) is 5.92 Å². The second-order valence-corrected chi connectivity index (χ2v) is 2.93. The first kappa shape index (κ1) is 6.79. The van der Waals surface area contributed by atoms with Gasteiger partial charge in [-0.1, -0.05) is 13.3 Å². The molecule has 0 spiro atoms. The predicted octanol–water partition coefficient (Wildman–Crippen LogP) is 2.27. The normalized spacial score (nSPS) is 34.9. The van der Waals surface area contributed by atoms with Crippen molar-refractivity contribution in [2.75, 3.05) is 0 Å². The summed E-state index contributed by atoms with van der Waals surface area (Å²) < 4.78 is 0. The van der Waals surface area contributed by atoms with Crippen LogP contribution in [0.25, 0.3) is 0 Å². The Morgan fingerprint density at radius 3 is 2.89 bits per heavy atom. The van der Waals surface area contributed by atoms with E-state index in [1.807, 2.05) is 0 Å². The summed E-state index contributed by atoms with van der Waals surface area (Å²) >= 11 is 0. The maximum atomic E-state index is 4.30. The summed E-state index contributed by atoms with van der Waals surface area (Å²) in [5.74, 6) is 0.914. The van der Waals surface area contributed by atoms with E-state index in [1.54, 1.807) is 0 Å². The lowest BCUT2D eigenvalue weighted by atomic mass is 9.93. The van der Waals surface area contributed by atoms with Crippen LogP contribution in [0.5, 0.6) is 0 Å². The molecule has 2 atom stereocenters. The van der Waals surface area contributed by atoms with Crippen LogP contribution < -0.4 is 0 Å². The molecular formula is C8H15N. The third kappa shape index (κ3) is 1.81. The van der Waals surface area contributed by atoms with Gasteiger partial charge >= 0.3 is 0 Å². The molecule has 0 aromatic rings. The number of nitrogens with zero attached hydrogens (tertiary/aromatic N) is 1. The van der Waals surface area contributed by atoms with E-state index < -0.39 is 0 Å². The Morgan fingerprint density at radius 1 is 1.67 bits per heavy atom. The quantitative estimate of drug-likeness (QED) is 0.509. The molecule has 0 N–H and O–H groups in total. The van der Waals surface area contributed by atoms with Gasteiger partial charge in [-0.05, 0) is 31.9 Å². The van der Waals surface area contributed by atoms with Crippen LogP contribution in [0.3, 0.4) is 0 Å². The Morgan fingerprint density at radius 2 is 2.44 bits per heavy atom. The average molecular weight is 125 g/mol. The fourth-order valence-corrected chi connectivity index (χ4v) is 1.36. The molecule has 0 saturated heterocycles. The van der Waals surface area contributed by atoms with Crippen molar-refractivity contribution in [2.24, 2.45) is 10.9 Å². The minimum absolute atomic E-state index is 0.587. The largest absolute Gasteiger partial charge is 0.294 e. The summed E-state index contributed by atoms with van der Waals surface area (Å²) in [5.41, 5.74) is 0. The molecule has 0 aliphatic carbocycles. The molecule has 1 aliphatic heterocycles. The van der Waals surface area contributed by atoms with E-state index in [0.29, 0.717) is 6.04 Å². The van der Waals surface area contributed by atoms with Crippen molar-refractivity contribution >= 4 is 6.21 Å². The highest BCUT2D eigenvalue weighted by molar-refractivity contribution is 5.58. The summed E-state index contributed by atoms with van der Waals surface area (Å²) in [5, 5.41) is 0. The molecule has 0 saturated carbocycles. The second-order valence-electron chi connectivity index (χ2n) is 2.93. The van der Waals surface area contributed by atoms with Crippen LogP contribution in [0.2, 0.25) is 0 Å². The molecule has 0 aromatic carbocycles. The van der Waals surface area contributed by atoms with Gasteiger partial charge in [-0.25, -0.2) is 0 Å². The summed E-state index contributed by atoms with van der Waals surface area (Å²) in [6.45, 7) is 4.45. The highest BCUT2D eigenvalue weighted by Crippen LogP contribution is 2.19. The molecule has 52 valence electrons. The van der Waals surface area contributed by atoms with Crippen molar-refractivity contribution in [1.82, 2.24) is 0 Å². The van der Waals surface area contributed by atoms with Crippen LogP contribution >= 0.6 is 0 Å². The minimum Gasteiger partial charge on any atom is -0.294 e. The van der Waals surface area contributed by atoms with Gasteiger partial charge in [-0.3, -0.25) is 4.99 Å². The number of hydrogen-bond donors (Lipinski definition) is 0. The van der Waals surface area contributed by atoms with E-state index in [9.17, 15) is 0 Å². The summed E-state index contributed by atoms with van der Waals surface area (Å²) in [7, 11) is 0. The van der Waals surface area contributed by atoms with Crippen molar-refractivity contribution in [3.05, 3.63) is 0 Å². The van der Waals surface area contributed by atoms with Crippen molar-refractivity contribution in [2.45, 2.75) is 39.2 Å². The maximum absolute atomic E-state index is 4.30. The lowest BCUT2D eigenvalue weighted by Gasteiger charge is -2.19.